The minimum Gasteiger partial charge on any atom is -0.395 e. The number of pyridine rings is 1. The molecule has 5 nitrogen and oxygen atoms in total. The number of rotatable bonds is 7. The van der Waals surface area contributed by atoms with E-state index in [4.69, 9.17) is 5.11 Å². The van der Waals surface area contributed by atoms with Gasteiger partial charge in [-0.1, -0.05) is 0 Å². The molecule has 5 heteroatoms. The first-order chi connectivity index (χ1) is 9.54. The molecule has 0 atom stereocenters. The first-order valence-electron chi connectivity index (χ1n) is 7.17. The molecule has 1 amide bonds. The van der Waals surface area contributed by atoms with Crippen LogP contribution in [0, 0.1) is 0 Å². The maximum atomic E-state index is 12.3. The van der Waals surface area contributed by atoms with Gasteiger partial charge in [-0.3, -0.25) is 9.78 Å². The van der Waals surface area contributed by atoms with Crippen LogP contribution in [0.3, 0.4) is 0 Å². The normalized spacial score (nSPS) is 10.7. The smallest absolute Gasteiger partial charge is 0.272 e. The number of carbonyl (C=O) groups excluding carboxylic acids is 1. The van der Waals surface area contributed by atoms with Crippen molar-refractivity contribution in [3.05, 3.63) is 24.0 Å². The predicted molar refractivity (Wildman–Crippen MR) is 81.1 cm³/mol. The summed E-state index contributed by atoms with van der Waals surface area (Å²) in [5.41, 5.74) is 1.37. The van der Waals surface area contributed by atoms with Crippen LogP contribution in [-0.2, 0) is 0 Å². The number of hydrogen-bond acceptors (Lipinski definition) is 4. The van der Waals surface area contributed by atoms with Crippen molar-refractivity contribution in [3.8, 4) is 0 Å². The van der Waals surface area contributed by atoms with Crippen molar-refractivity contribution in [1.29, 1.82) is 0 Å². The second-order valence-corrected chi connectivity index (χ2v) is 4.89. The zero-order chi connectivity index (χ0) is 15.1. The van der Waals surface area contributed by atoms with E-state index >= 15 is 0 Å². The number of amides is 1. The molecule has 0 aliphatic heterocycles. The summed E-state index contributed by atoms with van der Waals surface area (Å²) in [6.45, 7) is 10.00. The van der Waals surface area contributed by atoms with Gasteiger partial charge in [0.05, 0.1) is 6.61 Å². The highest BCUT2D eigenvalue weighted by Crippen LogP contribution is 2.18. The van der Waals surface area contributed by atoms with Crippen molar-refractivity contribution in [1.82, 2.24) is 9.88 Å². The van der Waals surface area contributed by atoms with Gasteiger partial charge in [0.15, 0.2) is 0 Å². The van der Waals surface area contributed by atoms with Crippen molar-refractivity contribution < 1.29 is 9.90 Å². The fraction of sp³-hybridized carbons (Fsp3) is 0.600. The van der Waals surface area contributed by atoms with E-state index in [1.165, 1.54) is 0 Å². The van der Waals surface area contributed by atoms with Gasteiger partial charge in [-0.05, 0) is 39.8 Å². The largest absolute Gasteiger partial charge is 0.395 e. The Balaban J connectivity index is 3.02. The average Bonchev–Trinajstić information content (AvgIpc) is 2.45. The van der Waals surface area contributed by atoms with Crippen LogP contribution in [0.5, 0.6) is 0 Å². The molecule has 0 bridgehead atoms. The van der Waals surface area contributed by atoms with Crippen molar-refractivity contribution in [2.45, 2.75) is 33.7 Å². The molecule has 1 aromatic heterocycles. The molecular formula is C15H25N3O2. The van der Waals surface area contributed by atoms with Crippen molar-refractivity contribution >= 4 is 11.6 Å². The lowest BCUT2D eigenvalue weighted by molar-refractivity contribution is 0.0767. The van der Waals surface area contributed by atoms with Crippen molar-refractivity contribution in [2.75, 3.05) is 31.1 Å². The van der Waals surface area contributed by atoms with E-state index in [0.29, 0.717) is 25.3 Å². The first kappa shape index (κ1) is 16.4. The summed E-state index contributed by atoms with van der Waals surface area (Å²) in [4.78, 5) is 20.3. The van der Waals surface area contributed by atoms with E-state index in [9.17, 15) is 4.79 Å². The molecule has 0 unspecified atom stereocenters. The summed E-state index contributed by atoms with van der Waals surface area (Å²) in [5, 5.41) is 9.16. The van der Waals surface area contributed by atoms with Gasteiger partial charge in [0, 0.05) is 37.6 Å². The molecular weight excluding hydrogens is 254 g/mol. The molecule has 0 saturated carbocycles. The summed E-state index contributed by atoms with van der Waals surface area (Å²) in [7, 11) is 0. The highest BCUT2D eigenvalue weighted by atomic mass is 16.3. The average molecular weight is 279 g/mol. The molecule has 0 spiro atoms. The van der Waals surface area contributed by atoms with E-state index in [-0.39, 0.29) is 18.6 Å². The Labute approximate surface area is 121 Å². The van der Waals surface area contributed by atoms with Gasteiger partial charge < -0.3 is 14.9 Å². The van der Waals surface area contributed by atoms with E-state index in [0.717, 1.165) is 5.69 Å². The van der Waals surface area contributed by atoms with Crippen molar-refractivity contribution in [3.63, 3.8) is 0 Å². The summed E-state index contributed by atoms with van der Waals surface area (Å²) in [6.07, 6.45) is 1.65. The molecule has 1 aromatic rings. The standard InChI is InChI=1S/C15H25N3O2/c1-5-17(6-2)15(20)14-11-13(7-8-16-14)18(9-10-19)12(3)4/h7-8,11-12,19H,5-6,9-10H2,1-4H3. The van der Waals surface area contributed by atoms with Crippen LogP contribution in [-0.4, -0.2) is 53.2 Å². The van der Waals surface area contributed by atoms with Gasteiger partial charge in [-0.15, -0.1) is 0 Å². The number of nitrogens with zero attached hydrogens (tertiary/aromatic N) is 3. The van der Waals surface area contributed by atoms with E-state index in [2.05, 4.69) is 23.7 Å². The zero-order valence-electron chi connectivity index (χ0n) is 12.8. The fourth-order valence-corrected chi connectivity index (χ4v) is 2.18. The number of carbonyl (C=O) groups is 1. The van der Waals surface area contributed by atoms with E-state index < -0.39 is 0 Å². The second kappa shape index (κ2) is 7.85. The molecule has 20 heavy (non-hydrogen) atoms. The van der Waals surface area contributed by atoms with Gasteiger partial charge >= 0.3 is 0 Å². The molecule has 112 valence electrons. The monoisotopic (exact) mass is 279 g/mol. The Kier molecular flexibility index (Phi) is 6.45. The van der Waals surface area contributed by atoms with Crippen LogP contribution in [0.1, 0.15) is 38.2 Å². The molecule has 1 heterocycles. The molecule has 0 radical (unpaired) electrons. The SMILES string of the molecule is CCN(CC)C(=O)c1cc(N(CCO)C(C)C)ccn1. The number of anilines is 1. The third-order valence-electron chi connectivity index (χ3n) is 3.31. The number of aliphatic hydroxyl groups is 1. The van der Waals surface area contributed by atoms with E-state index in [1.54, 1.807) is 17.2 Å². The summed E-state index contributed by atoms with van der Waals surface area (Å²) < 4.78 is 0. The molecule has 1 N–H and O–H groups in total. The summed E-state index contributed by atoms with van der Waals surface area (Å²) in [6, 6.07) is 3.92. The lowest BCUT2D eigenvalue weighted by atomic mass is 10.2. The highest BCUT2D eigenvalue weighted by Gasteiger charge is 2.16. The van der Waals surface area contributed by atoms with Gasteiger partial charge in [0.25, 0.3) is 5.91 Å². The molecule has 1 rings (SSSR count). The Bertz CT molecular complexity index is 431. The zero-order valence-corrected chi connectivity index (χ0v) is 12.8. The van der Waals surface area contributed by atoms with Gasteiger partial charge in [0.1, 0.15) is 5.69 Å². The van der Waals surface area contributed by atoms with Crippen LogP contribution in [0.15, 0.2) is 18.3 Å². The minimum absolute atomic E-state index is 0.0513. The quantitative estimate of drug-likeness (QED) is 0.826. The lowest BCUT2D eigenvalue weighted by Gasteiger charge is -2.28. The van der Waals surface area contributed by atoms with Crippen LogP contribution in [0.25, 0.3) is 0 Å². The predicted octanol–water partition coefficient (Wildman–Crippen LogP) is 1.77. The lowest BCUT2D eigenvalue weighted by Crippen LogP contribution is -2.34. The Morgan fingerprint density at radius 2 is 2.00 bits per heavy atom. The number of aromatic nitrogens is 1. The minimum atomic E-state index is -0.0513. The Morgan fingerprint density at radius 1 is 1.35 bits per heavy atom. The van der Waals surface area contributed by atoms with Crippen LogP contribution in [0.2, 0.25) is 0 Å². The Hall–Kier alpha value is -1.62. The maximum absolute atomic E-state index is 12.3. The third-order valence-corrected chi connectivity index (χ3v) is 3.31. The molecule has 0 saturated heterocycles. The van der Waals surface area contributed by atoms with E-state index in [1.807, 2.05) is 19.9 Å². The van der Waals surface area contributed by atoms with Crippen LogP contribution in [0.4, 0.5) is 5.69 Å². The second-order valence-electron chi connectivity index (χ2n) is 4.89. The highest BCUT2D eigenvalue weighted by molar-refractivity contribution is 5.93. The van der Waals surface area contributed by atoms with Gasteiger partial charge in [0.2, 0.25) is 0 Å². The molecule has 0 aliphatic carbocycles. The van der Waals surface area contributed by atoms with Crippen LogP contribution < -0.4 is 4.90 Å². The summed E-state index contributed by atoms with van der Waals surface area (Å²) >= 11 is 0. The molecule has 0 aliphatic rings. The van der Waals surface area contributed by atoms with Crippen LogP contribution >= 0.6 is 0 Å². The third kappa shape index (κ3) is 3.93. The number of aliphatic hydroxyl groups excluding tert-OH is 1. The van der Waals surface area contributed by atoms with Gasteiger partial charge in [-0.25, -0.2) is 0 Å². The fourth-order valence-electron chi connectivity index (χ4n) is 2.18. The first-order valence-corrected chi connectivity index (χ1v) is 7.17. The summed E-state index contributed by atoms with van der Waals surface area (Å²) in [5.74, 6) is -0.0513. The van der Waals surface area contributed by atoms with Crippen molar-refractivity contribution in [2.24, 2.45) is 0 Å². The Morgan fingerprint density at radius 3 is 2.50 bits per heavy atom. The maximum Gasteiger partial charge on any atom is 0.272 e. The topological polar surface area (TPSA) is 56.7 Å². The molecule has 0 fully saturated rings. The number of hydrogen-bond donors (Lipinski definition) is 1. The molecule has 0 aromatic carbocycles. The van der Waals surface area contributed by atoms with Gasteiger partial charge in [-0.2, -0.15) is 0 Å².